The highest BCUT2D eigenvalue weighted by Crippen LogP contribution is 2.26. The van der Waals surface area contributed by atoms with Crippen LogP contribution in [0, 0.1) is 5.92 Å². The third-order valence-corrected chi connectivity index (χ3v) is 5.61. The Bertz CT molecular complexity index is 738. The van der Waals surface area contributed by atoms with Gasteiger partial charge < -0.3 is 13.8 Å². The van der Waals surface area contributed by atoms with Gasteiger partial charge in [-0.2, -0.15) is 0 Å². The lowest BCUT2D eigenvalue weighted by molar-refractivity contribution is -0.136. The molecule has 1 aliphatic carbocycles. The monoisotopic (exact) mass is 357 g/mol. The fraction of sp³-hybridized carbons (Fsp3) is 0.600. The second-order valence-corrected chi connectivity index (χ2v) is 7.59. The minimum Gasteiger partial charge on any atom is -0.468 e. The summed E-state index contributed by atoms with van der Waals surface area (Å²) in [6.45, 7) is 3.13. The Morgan fingerprint density at radius 1 is 1.35 bits per heavy atom. The summed E-state index contributed by atoms with van der Waals surface area (Å²) in [6, 6.07) is 3.90. The van der Waals surface area contributed by atoms with Crippen LogP contribution in [0.25, 0.3) is 0 Å². The van der Waals surface area contributed by atoms with E-state index in [-0.39, 0.29) is 11.8 Å². The van der Waals surface area contributed by atoms with E-state index in [0.29, 0.717) is 6.54 Å². The number of piperidine rings is 1. The minimum absolute atomic E-state index is 0.0476. The molecule has 1 atom stereocenters. The van der Waals surface area contributed by atoms with E-state index >= 15 is 0 Å². The highest BCUT2D eigenvalue weighted by molar-refractivity contribution is 5.78. The van der Waals surface area contributed by atoms with Crippen LogP contribution in [0.5, 0.6) is 0 Å². The van der Waals surface area contributed by atoms with Crippen LogP contribution >= 0.6 is 0 Å². The van der Waals surface area contributed by atoms with Gasteiger partial charge in [0.05, 0.1) is 25.3 Å². The summed E-state index contributed by atoms with van der Waals surface area (Å²) in [7, 11) is 1.89. The van der Waals surface area contributed by atoms with E-state index in [4.69, 9.17) is 8.94 Å². The molecule has 0 radical (unpaired) electrons. The predicted molar refractivity (Wildman–Crippen MR) is 96.3 cm³/mol. The third-order valence-electron chi connectivity index (χ3n) is 5.61. The molecule has 0 bridgehead atoms. The zero-order chi connectivity index (χ0) is 17.9. The molecule has 3 heterocycles. The van der Waals surface area contributed by atoms with Crippen molar-refractivity contribution in [2.24, 2.45) is 5.92 Å². The van der Waals surface area contributed by atoms with Gasteiger partial charge in [-0.25, -0.2) is 0 Å². The van der Waals surface area contributed by atoms with E-state index < -0.39 is 0 Å². The van der Waals surface area contributed by atoms with Crippen molar-refractivity contribution in [2.75, 3.05) is 20.1 Å². The average molecular weight is 357 g/mol. The molecule has 6 nitrogen and oxygen atoms in total. The van der Waals surface area contributed by atoms with Crippen LogP contribution in [-0.4, -0.2) is 41.0 Å². The number of aryl methyl sites for hydroxylation is 1. The number of rotatable bonds is 5. The van der Waals surface area contributed by atoms with Gasteiger partial charge >= 0.3 is 0 Å². The Labute approximate surface area is 154 Å². The van der Waals surface area contributed by atoms with Gasteiger partial charge in [-0.1, -0.05) is 5.16 Å². The van der Waals surface area contributed by atoms with Crippen molar-refractivity contribution in [3.8, 4) is 0 Å². The van der Waals surface area contributed by atoms with Crippen molar-refractivity contribution in [1.29, 1.82) is 0 Å². The summed E-state index contributed by atoms with van der Waals surface area (Å²) in [6.07, 6.45) is 8.06. The first-order valence-corrected chi connectivity index (χ1v) is 9.66. The molecule has 1 fully saturated rings. The van der Waals surface area contributed by atoms with Crippen molar-refractivity contribution >= 4 is 5.91 Å². The fourth-order valence-electron chi connectivity index (χ4n) is 4.21. The van der Waals surface area contributed by atoms with Crippen LogP contribution in [0.1, 0.15) is 48.5 Å². The lowest BCUT2D eigenvalue weighted by atomic mass is 9.95. The molecule has 0 saturated carbocycles. The fourth-order valence-corrected chi connectivity index (χ4v) is 4.21. The summed E-state index contributed by atoms with van der Waals surface area (Å²) in [5, 5.41) is 4.24. The van der Waals surface area contributed by atoms with E-state index in [0.717, 1.165) is 62.5 Å². The highest BCUT2D eigenvalue weighted by atomic mass is 16.5. The second kappa shape index (κ2) is 7.66. The van der Waals surface area contributed by atoms with Gasteiger partial charge in [0.25, 0.3) is 0 Å². The van der Waals surface area contributed by atoms with Gasteiger partial charge in [0.15, 0.2) is 0 Å². The van der Waals surface area contributed by atoms with E-state index in [1.165, 1.54) is 18.4 Å². The molecule has 26 heavy (non-hydrogen) atoms. The van der Waals surface area contributed by atoms with Crippen molar-refractivity contribution < 1.29 is 13.7 Å². The summed E-state index contributed by atoms with van der Waals surface area (Å²) < 4.78 is 10.9. The van der Waals surface area contributed by atoms with Crippen LogP contribution < -0.4 is 0 Å². The number of carbonyl (C=O) groups excluding carboxylic acids is 1. The zero-order valence-electron chi connectivity index (χ0n) is 15.4. The molecule has 0 spiro atoms. The zero-order valence-corrected chi connectivity index (χ0v) is 15.4. The number of carbonyl (C=O) groups is 1. The number of likely N-dealkylation sites (tertiary alicyclic amines) is 1. The van der Waals surface area contributed by atoms with Crippen LogP contribution in [0.4, 0.5) is 0 Å². The van der Waals surface area contributed by atoms with Gasteiger partial charge in [-0.3, -0.25) is 9.69 Å². The Hall–Kier alpha value is -2.08. The van der Waals surface area contributed by atoms with Crippen LogP contribution in [0.3, 0.4) is 0 Å². The maximum Gasteiger partial charge on any atom is 0.227 e. The van der Waals surface area contributed by atoms with E-state index in [1.807, 2.05) is 24.1 Å². The molecule has 0 aromatic carbocycles. The summed E-state index contributed by atoms with van der Waals surface area (Å²) >= 11 is 0. The summed E-state index contributed by atoms with van der Waals surface area (Å²) in [5.74, 6) is 2.24. The lowest BCUT2D eigenvalue weighted by Gasteiger charge is -2.33. The van der Waals surface area contributed by atoms with Gasteiger partial charge in [0.1, 0.15) is 17.2 Å². The Morgan fingerprint density at radius 2 is 2.23 bits per heavy atom. The number of hydrogen-bond donors (Lipinski definition) is 0. The van der Waals surface area contributed by atoms with Gasteiger partial charge in [0, 0.05) is 25.6 Å². The Morgan fingerprint density at radius 3 is 3.08 bits per heavy atom. The molecular formula is C20H27N3O3. The first-order chi connectivity index (χ1) is 12.7. The summed E-state index contributed by atoms with van der Waals surface area (Å²) in [5.41, 5.74) is 2.18. The molecule has 1 saturated heterocycles. The van der Waals surface area contributed by atoms with Gasteiger partial charge in [0.2, 0.25) is 5.91 Å². The molecule has 4 rings (SSSR count). The molecular weight excluding hydrogens is 330 g/mol. The SMILES string of the molecule is CN(Cc1noc2c1CCCC2)C(=O)C1CCCN(Cc2ccco2)C1. The molecule has 2 aromatic heterocycles. The number of amides is 1. The van der Waals surface area contributed by atoms with Crippen LogP contribution in [0.2, 0.25) is 0 Å². The van der Waals surface area contributed by atoms with Crippen LogP contribution in [0.15, 0.2) is 27.3 Å². The first-order valence-electron chi connectivity index (χ1n) is 9.66. The number of furan rings is 1. The molecule has 140 valence electrons. The smallest absolute Gasteiger partial charge is 0.227 e. The molecule has 2 aliphatic rings. The summed E-state index contributed by atoms with van der Waals surface area (Å²) in [4.78, 5) is 17.1. The van der Waals surface area contributed by atoms with Crippen molar-refractivity contribution in [3.05, 3.63) is 41.2 Å². The average Bonchev–Trinajstić information content (AvgIpc) is 3.32. The topological polar surface area (TPSA) is 62.7 Å². The molecule has 0 N–H and O–H groups in total. The van der Waals surface area contributed by atoms with Gasteiger partial charge in [-0.15, -0.1) is 0 Å². The minimum atomic E-state index is 0.0476. The van der Waals surface area contributed by atoms with Crippen molar-refractivity contribution in [3.63, 3.8) is 0 Å². The largest absolute Gasteiger partial charge is 0.468 e. The van der Waals surface area contributed by atoms with Crippen LogP contribution in [-0.2, 0) is 30.7 Å². The van der Waals surface area contributed by atoms with E-state index in [9.17, 15) is 4.79 Å². The third kappa shape index (κ3) is 3.70. The molecule has 1 aliphatic heterocycles. The highest BCUT2D eigenvalue weighted by Gasteiger charge is 2.29. The Balaban J connectivity index is 1.36. The number of hydrogen-bond acceptors (Lipinski definition) is 5. The normalized spacial score (nSPS) is 20.7. The molecule has 6 heteroatoms. The van der Waals surface area contributed by atoms with Crippen molar-refractivity contribution in [1.82, 2.24) is 15.0 Å². The van der Waals surface area contributed by atoms with E-state index in [2.05, 4.69) is 10.1 Å². The maximum atomic E-state index is 13.0. The number of fused-ring (bicyclic) bond motifs is 1. The van der Waals surface area contributed by atoms with E-state index in [1.54, 1.807) is 6.26 Å². The lowest BCUT2D eigenvalue weighted by Crippen LogP contribution is -2.43. The molecule has 2 aromatic rings. The van der Waals surface area contributed by atoms with Gasteiger partial charge in [-0.05, 0) is 50.8 Å². The number of aromatic nitrogens is 1. The second-order valence-electron chi connectivity index (χ2n) is 7.59. The molecule has 1 amide bonds. The first kappa shape index (κ1) is 17.3. The predicted octanol–water partition coefficient (Wildman–Crippen LogP) is 3.02. The molecule has 1 unspecified atom stereocenters. The maximum absolute atomic E-state index is 13.0. The van der Waals surface area contributed by atoms with Crippen molar-refractivity contribution in [2.45, 2.75) is 51.6 Å². The standard InChI is InChI=1S/C20H27N3O3/c1-22(14-18-17-8-2-3-9-19(17)26-21-18)20(24)15-6-4-10-23(12-15)13-16-7-5-11-25-16/h5,7,11,15H,2-4,6,8-10,12-14H2,1H3. The number of nitrogens with zero attached hydrogens (tertiary/aromatic N) is 3. The Kier molecular flexibility index (Phi) is 5.11. The quantitative estimate of drug-likeness (QED) is 0.823.